The van der Waals surface area contributed by atoms with E-state index in [1.54, 1.807) is 18.2 Å². The van der Waals surface area contributed by atoms with Crippen LogP contribution in [-0.2, 0) is 16.2 Å². The number of sulfonamides is 1. The fourth-order valence-corrected chi connectivity index (χ4v) is 5.88. The van der Waals surface area contributed by atoms with Crippen molar-refractivity contribution in [3.05, 3.63) is 83.8 Å². The molecule has 5 nitrogen and oxygen atoms in total. The van der Waals surface area contributed by atoms with Crippen molar-refractivity contribution in [3.63, 3.8) is 0 Å². The standard InChI is InChI=1S/C24H17F5N2O3S/c25-18-8-6-14(11-19(18)26)15-7-9-22-20(12-15)30-23(34-22)21-5-2-10-31(21)35(32,33)17-4-1-3-16(13-17)24(27,28)29/h1,3-4,6-9,11-13,21H,2,5,10H2. The first-order chi connectivity index (χ1) is 16.5. The highest BCUT2D eigenvalue weighted by Gasteiger charge is 2.40. The third-order valence-corrected chi connectivity index (χ3v) is 7.82. The van der Waals surface area contributed by atoms with Crippen LogP contribution in [0, 0.1) is 11.6 Å². The van der Waals surface area contributed by atoms with E-state index in [0.717, 1.165) is 34.6 Å². The van der Waals surface area contributed by atoms with Crippen LogP contribution in [0.25, 0.3) is 22.2 Å². The molecule has 1 atom stereocenters. The summed E-state index contributed by atoms with van der Waals surface area (Å²) >= 11 is 0. The Hall–Kier alpha value is -3.31. The molecular formula is C24H17F5N2O3S. The molecule has 0 bridgehead atoms. The predicted molar refractivity (Wildman–Crippen MR) is 117 cm³/mol. The largest absolute Gasteiger partial charge is 0.439 e. The van der Waals surface area contributed by atoms with E-state index < -0.39 is 44.3 Å². The van der Waals surface area contributed by atoms with Crippen LogP contribution < -0.4 is 0 Å². The Morgan fingerprint density at radius 2 is 1.69 bits per heavy atom. The fraction of sp³-hybridized carbons (Fsp3) is 0.208. The molecule has 0 saturated carbocycles. The molecule has 1 fully saturated rings. The molecule has 1 saturated heterocycles. The van der Waals surface area contributed by atoms with Gasteiger partial charge in [0, 0.05) is 6.54 Å². The Bertz CT molecular complexity index is 1530. The highest BCUT2D eigenvalue weighted by Crippen LogP contribution is 2.39. The Balaban J connectivity index is 1.49. The van der Waals surface area contributed by atoms with Gasteiger partial charge >= 0.3 is 6.18 Å². The number of nitrogens with zero attached hydrogens (tertiary/aromatic N) is 2. The second-order valence-electron chi connectivity index (χ2n) is 8.16. The summed E-state index contributed by atoms with van der Waals surface area (Å²) < 4.78 is 99.6. The number of rotatable bonds is 4. The quantitative estimate of drug-likeness (QED) is 0.303. The van der Waals surface area contributed by atoms with Crippen LogP contribution in [0.1, 0.15) is 30.3 Å². The molecule has 1 aliphatic heterocycles. The van der Waals surface area contributed by atoms with Crippen molar-refractivity contribution in [2.45, 2.75) is 30.0 Å². The smallest absolute Gasteiger partial charge is 0.416 e. The van der Waals surface area contributed by atoms with Crippen LogP contribution in [0.5, 0.6) is 0 Å². The van der Waals surface area contributed by atoms with Crippen LogP contribution in [0.4, 0.5) is 22.0 Å². The lowest BCUT2D eigenvalue weighted by Crippen LogP contribution is -2.31. The van der Waals surface area contributed by atoms with Crippen molar-refractivity contribution in [2.75, 3.05) is 6.54 Å². The Morgan fingerprint density at radius 1 is 0.943 bits per heavy atom. The first-order valence-electron chi connectivity index (χ1n) is 10.6. The highest BCUT2D eigenvalue weighted by atomic mass is 32.2. The summed E-state index contributed by atoms with van der Waals surface area (Å²) in [4.78, 5) is 3.95. The molecule has 182 valence electrons. The first kappa shape index (κ1) is 23.4. The maximum Gasteiger partial charge on any atom is 0.416 e. The topological polar surface area (TPSA) is 63.4 Å². The van der Waals surface area contributed by atoms with Gasteiger partial charge in [-0.05, 0) is 66.4 Å². The van der Waals surface area contributed by atoms with Gasteiger partial charge in [0.1, 0.15) is 11.6 Å². The van der Waals surface area contributed by atoms with E-state index >= 15 is 0 Å². The van der Waals surface area contributed by atoms with E-state index in [-0.39, 0.29) is 12.4 Å². The second kappa shape index (κ2) is 8.42. The van der Waals surface area contributed by atoms with Gasteiger partial charge in [-0.3, -0.25) is 0 Å². The van der Waals surface area contributed by atoms with Gasteiger partial charge < -0.3 is 4.42 Å². The maximum atomic E-state index is 13.6. The Kier molecular flexibility index (Phi) is 5.64. The Morgan fingerprint density at radius 3 is 2.43 bits per heavy atom. The number of fused-ring (bicyclic) bond motifs is 1. The molecule has 0 radical (unpaired) electrons. The van der Waals surface area contributed by atoms with Crippen LogP contribution >= 0.6 is 0 Å². The molecule has 1 aromatic heterocycles. The summed E-state index contributed by atoms with van der Waals surface area (Å²) in [5.41, 5.74) is 0.655. The maximum absolute atomic E-state index is 13.6. The molecule has 4 aromatic rings. The second-order valence-corrected chi connectivity index (χ2v) is 10.1. The number of hydrogen-bond acceptors (Lipinski definition) is 4. The molecular weight excluding hydrogens is 491 g/mol. The van der Waals surface area contributed by atoms with E-state index in [1.165, 1.54) is 6.07 Å². The summed E-state index contributed by atoms with van der Waals surface area (Å²) in [6.07, 6.45) is -3.83. The number of aromatic nitrogens is 1. The van der Waals surface area contributed by atoms with E-state index in [4.69, 9.17) is 4.42 Å². The van der Waals surface area contributed by atoms with Crippen molar-refractivity contribution in [1.29, 1.82) is 0 Å². The van der Waals surface area contributed by atoms with Crippen molar-refractivity contribution < 1.29 is 34.8 Å². The zero-order valence-electron chi connectivity index (χ0n) is 17.9. The van der Waals surface area contributed by atoms with Crippen LogP contribution in [0.15, 0.2) is 70.0 Å². The van der Waals surface area contributed by atoms with Gasteiger partial charge in [0.25, 0.3) is 0 Å². The molecule has 0 amide bonds. The van der Waals surface area contributed by atoms with Crippen molar-refractivity contribution >= 4 is 21.1 Å². The van der Waals surface area contributed by atoms with E-state index in [2.05, 4.69) is 4.98 Å². The molecule has 3 aromatic carbocycles. The normalized spacial score (nSPS) is 17.3. The lowest BCUT2D eigenvalue weighted by Gasteiger charge is -2.22. The van der Waals surface area contributed by atoms with Gasteiger partial charge in [-0.2, -0.15) is 17.5 Å². The van der Waals surface area contributed by atoms with Gasteiger partial charge in [0.2, 0.25) is 15.9 Å². The molecule has 0 spiro atoms. The lowest BCUT2D eigenvalue weighted by atomic mass is 10.1. The molecule has 2 heterocycles. The summed E-state index contributed by atoms with van der Waals surface area (Å²) in [6.45, 7) is 0.0993. The summed E-state index contributed by atoms with van der Waals surface area (Å²) in [5.74, 6) is -1.86. The highest BCUT2D eigenvalue weighted by molar-refractivity contribution is 7.89. The van der Waals surface area contributed by atoms with E-state index in [9.17, 15) is 30.4 Å². The first-order valence-corrected chi connectivity index (χ1v) is 12.0. The molecule has 5 rings (SSSR count). The average Bonchev–Trinajstić information content (AvgIpc) is 3.47. The zero-order chi connectivity index (χ0) is 25.0. The minimum Gasteiger partial charge on any atom is -0.439 e. The minimum absolute atomic E-state index is 0.0993. The molecule has 1 aliphatic rings. The number of oxazole rings is 1. The van der Waals surface area contributed by atoms with Gasteiger partial charge in [0.05, 0.1) is 10.5 Å². The third kappa shape index (κ3) is 4.30. The monoisotopic (exact) mass is 508 g/mol. The minimum atomic E-state index is -4.68. The fourth-order valence-electron chi connectivity index (χ4n) is 4.19. The van der Waals surface area contributed by atoms with E-state index in [1.807, 2.05) is 0 Å². The number of halogens is 5. The van der Waals surface area contributed by atoms with E-state index in [0.29, 0.717) is 41.1 Å². The molecule has 35 heavy (non-hydrogen) atoms. The molecule has 11 heteroatoms. The van der Waals surface area contributed by atoms with Crippen LogP contribution in [-0.4, -0.2) is 24.3 Å². The van der Waals surface area contributed by atoms with Crippen molar-refractivity contribution in [3.8, 4) is 11.1 Å². The zero-order valence-corrected chi connectivity index (χ0v) is 18.7. The summed E-state index contributed by atoms with van der Waals surface area (Å²) in [6, 6.07) is 11.1. The van der Waals surface area contributed by atoms with Crippen LogP contribution in [0.2, 0.25) is 0 Å². The van der Waals surface area contributed by atoms with Gasteiger partial charge in [-0.25, -0.2) is 22.2 Å². The number of hydrogen-bond donors (Lipinski definition) is 0. The number of benzene rings is 3. The average molecular weight is 508 g/mol. The van der Waals surface area contributed by atoms with Gasteiger partial charge in [-0.1, -0.05) is 18.2 Å². The van der Waals surface area contributed by atoms with Crippen molar-refractivity contribution in [1.82, 2.24) is 9.29 Å². The van der Waals surface area contributed by atoms with Gasteiger partial charge in [-0.15, -0.1) is 0 Å². The third-order valence-electron chi connectivity index (χ3n) is 5.91. The molecule has 0 N–H and O–H groups in total. The van der Waals surface area contributed by atoms with Crippen molar-refractivity contribution in [2.24, 2.45) is 0 Å². The predicted octanol–water partition coefficient (Wildman–Crippen LogP) is 6.32. The number of alkyl halides is 3. The van der Waals surface area contributed by atoms with Gasteiger partial charge in [0.15, 0.2) is 17.2 Å². The Labute approximate surface area is 196 Å². The SMILES string of the molecule is O=S(=O)(c1cccc(C(F)(F)F)c1)N1CCCC1c1nc2cc(-c3ccc(F)c(F)c3)ccc2o1. The summed E-state index contributed by atoms with van der Waals surface area (Å²) in [5, 5.41) is 0. The molecule has 0 aliphatic carbocycles. The summed E-state index contributed by atoms with van der Waals surface area (Å²) in [7, 11) is -4.26. The van der Waals surface area contributed by atoms with Crippen LogP contribution in [0.3, 0.4) is 0 Å². The molecule has 1 unspecified atom stereocenters. The lowest BCUT2D eigenvalue weighted by molar-refractivity contribution is -0.137.